The molecule has 0 radical (unpaired) electrons. The molecule has 0 saturated heterocycles. The number of nitrogens with one attached hydrogen (secondary N) is 1. The molecule has 2 N–H and O–H groups in total. The van der Waals surface area contributed by atoms with Crippen molar-refractivity contribution in [1.29, 1.82) is 0 Å². The van der Waals surface area contributed by atoms with Gasteiger partial charge in [0.05, 0.1) is 13.2 Å². The zero-order chi connectivity index (χ0) is 18.9. The van der Waals surface area contributed by atoms with Gasteiger partial charge < -0.3 is 10.4 Å². The van der Waals surface area contributed by atoms with Gasteiger partial charge in [-0.3, -0.25) is 4.79 Å². The molecule has 2 aromatic rings. The molecule has 1 amide bonds. The van der Waals surface area contributed by atoms with Crippen molar-refractivity contribution < 1.29 is 14.3 Å². The van der Waals surface area contributed by atoms with Gasteiger partial charge in [0.15, 0.2) is 0 Å². The highest BCUT2D eigenvalue weighted by atomic mass is 19.1. The van der Waals surface area contributed by atoms with Crippen molar-refractivity contribution in [2.75, 3.05) is 11.9 Å². The van der Waals surface area contributed by atoms with Crippen LogP contribution in [0.15, 0.2) is 70.0 Å². The molecule has 0 heterocycles. The maximum atomic E-state index is 13.1. The predicted molar refractivity (Wildman–Crippen MR) is 99.2 cm³/mol. The second kappa shape index (κ2) is 9.58. The summed E-state index contributed by atoms with van der Waals surface area (Å²) < 4.78 is 13.1. The number of carbonyl (C=O) groups is 1. The highest BCUT2D eigenvalue weighted by Gasteiger charge is 2.11. The normalized spacial score (nSPS) is 10.8. The molecule has 0 saturated carbocycles. The molecule has 6 heteroatoms. The van der Waals surface area contributed by atoms with E-state index in [0.717, 1.165) is 11.1 Å². The van der Waals surface area contributed by atoms with E-state index in [1.165, 1.54) is 12.1 Å². The van der Waals surface area contributed by atoms with Crippen LogP contribution < -0.4 is 5.32 Å². The van der Waals surface area contributed by atoms with Gasteiger partial charge in [0.2, 0.25) is 0 Å². The smallest absolute Gasteiger partial charge is 0.276 e. The van der Waals surface area contributed by atoms with Crippen LogP contribution >= 0.6 is 0 Å². The lowest BCUT2D eigenvalue weighted by Gasteiger charge is -2.07. The SMILES string of the molecule is CC(C)=C(/N=N\CCc1cccc(F)c1)C(=O)Nc1cccc(CO)c1. The Bertz CT molecular complexity index is 827. The quantitative estimate of drug-likeness (QED) is 0.576. The average Bonchev–Trinajstić information content (AvgIpc) is 2.61. The van der Waals surface area contributed by atoms with Crippen molar-refractivity contribution in [1.82, 2.24) is 0 Å². The third-order valence-corrected chi connectivity index (χ3v) is 3.62. The van der Waals surface area contributed by atoms with E-state index in [0.29, 0.717) is 24.2 Å². The van der Waals surface area contributed by atoms with Gasteiger partial charge in [0.1, 0.15) is 11.5 Å². The number of aliphatic hydroxyl groups is 1. The molecule has 136 valence electrons. The van der Waals surface area contributed by atoms with E-state index in [4.69, 9.17) is 5.11 Å². The Labute approximate surface area is 152 Å². The molecule has 0 aliphatic rings. The van der Waals surface area contributed by atoms with Gasteiger partial charge >= 0.3 is 0 Å². The van der Waals surface area contributed by atoms with E-state index in [-0.39, 0.29) is 24.0 Å². The predicted octanol–water partition coefficient (Wildman–Crippen LogP) is 4.25. The third kappa shape index (κ3) is 5.89. The molecule has 26 heavy (non-hydrogen) atoms. The molecular weight excluding hydrogens is 333 g/mol. The first kappa shape index (κ1) is 19.5. The fourth-order valence-electron chi connectivity index (χ4n) is 2.30. The second-order valence-electron chi connectivity index (χ2n) is 6.01. The number of amides is 1. The summed E-state index contributed by atoms with van der Waals surface area (Å²) in [7, 11) is 0. The Morgan fingerprint density at radius 2 is 1.85 bits per heavy atom. The number of hydrogen-bond acceptors (Lipinski definition) is 4. The van der Waals surface area contributed by atoms with Gasteiger partial charge in [-0.05, 0) is 61.2 Å². The van der Waals surface area contributed by atoms with Gasteiger partial charge in [-0.25, -0.2) is 4.39 Å². The van der Waals surface area contributed by atoms with Crippen molar-refractivity contribution in [2.45, 2.75) is 26.9 Å². The Morgan fingerprint density at radius 3 is 2.54 bits per heavy atom. The molecule has 0 fully saturated rings. The van der Waals surface area contributed by atoms with E-state index in [1.807, 2.05) is 6.07 Å². The first-order chi connectivity index (χ1) is 12.5. The molecule has 5 nitrogen and oxygen atoms in total. The number of halogens is 1. The van der Waals surface area contributed by atoms with Gasteiger partial charge in [-0.15, -0.1) is 0 Å². The summed E-state index contributed by atoms with van der Waals surface area (Å²) in [5.74, 6) is -0.650. The molecular formula is C20H22FN3O2. The summed E-state index contributed by atoms with van der Waals surface area (Å²) in [6.07, 6.45) is 0.539. The number of azo groups is 1. The first-order valence-electron chi connectivity index (χ1n) is 8.30. The van der Waals surface area contributed by atoms with Crippen LogP contribution in [0, 0.1) is 5.82 Å². The van der Waals surface area contributed by atoms with Crippen molar-refractivity contribution in [3.8, 4) is 0 Å². The molecule has 0 aromatic heterocycles. The maximum Gasteiger partial charge on any atom is 0.276 e. The summed E-state index contributed by atoms with van der Waals surface area (Å²) in [6.45, 7) is 3.82. The number of rotatable bonds is 7. The van der Waals surface area contributed by atoms with Crippen LogP contribution in [0.2, 0.25) is 0 Å². The summed E-state index contributed by atoms with van der Waals surface area (Å²) in [5.41, 5.74) is 3.08. The van der Waals surface area contributed by atoms with Crippen molar-refractivity contribution >= 4 is 11.6 Å². The van der Waals surface area contributed by atoms with Crippen LogP contribution in [0.3, 0.4) is 0 Å². The standard InChI is InChI=1S/C20H22FN3O2/c1-14(2)19(20(26)23-18-8-4-6-16(12-18)13-25)24-22-10-9-15-5-3-7-17(21)11-15/h3-8,11-12,25H,9-10,13H2,1-2H3,(H,23,26)/b24-22-. The maximum absolute atomic E-state index is 13.1. The van der Waals surface area contributed by atoms with Crippen LogP contribution in [0.5, 0.6) is 0 Å². The zero-order valence-corrected chi connectivity index (χ0v) is 14.9. The van der Waals surface area contributed by atoms with Crippen LogP contribution in [0.1, 0.15) is 25.0 Å². The van der Waals surface area contributed by atoms with E-state index < -0.39 is 0 Å². The number of aliphatic hydroxyl groups excluding tert-OH is 1. The Balaban J connectivity index is 1.99. The third-order valence-electron chi connectivity index (χ3n) is 3.62. The fourth-order valence-corrected chi connectivity index (χ4v) is 2.30. The number of hydrogen-bond donors (Lipinski definition) is 2. The fraction of sp³-hybridized carbons (Fsp3) is 0.250. The first-order valence-corrected chi connectivity index (χ1v) is 8.30. The summed E-state index contributed by atoms with van der Waals surface area (Å²) in [4.78, 5) is 12.4. The highest BCUT2D eigenvalue weighted by Crippen LogP contribution is 2.14. The molecule has 0 aliphatic carbocycles. The van der Waals surface area contributed by atoms with Crippen molar-refractivity contribution in [2.24, 2.45) is 10.2 Å². The van der Waals surface area contributed by atoms with Crippen molar-refractivity contribution in [3.63, 3.8) is 0 Å². The second-order valence-corrected chi connectivity index (χ2v) is 6.01. The largest absolute Gasteiger partial charge is 0.392 e. The minimum Gasteiger partial charge on any atom is -0.392 e. The van der Waals surface area contributed by atoms with Crippen molar-refractivity contribution in [3.05, 3.63) is 76.7 Å². The Kier molecular flexibility index (Phi) is 7.17. The zero-order valence-electron chi connectivity index (χ0n) is 14.9. The molecule has 0 aliphatic heterocycles. The summed E-state index contributed by atoms with van der Waals surface area (Å²) >= 11 is 0. The lowest BCUT2D eigenvalue weighted by molar-refractivity contribution is -0.113. The van der Waals surface area contributed by atoms with Gasteiger partial charge in [-0.1, -0.05) is 24.3 Å². The Morgan fingerprint density at radius 1 is 1.12 bits per heavy atom. The minimum absolute atomic E-state index is 0.0982. The topological polar surface area (TPSA) is 74.0 Å². The molecule has 2 aromatic carbocycles. The monoisotopic (exact) mass is 355 g/mol. The van der Waals surface area contributed by atoms with Crippen LogP contribution in [-0.2, 0) is 17.8 Å². The number of anilines is 1. The molecule has 2 rings (SSSR count). The molecule has 0 atom stereocenters. The van der Waals surface area contributed by atoms with E-state index in [1.54, 1.807) is 44.2 Å². The number of allylic oxidation sites excluding steroid dienone is 1. The number of nitrogens with zero attached hydrogens (tertiary/aromatic N) is 2. The average molecular weight is 355 g/mol. The molecule has 0 unspecified atom stereocenters. The lowest BCUT2D eigenvalue weighted by atomic mass is 10.1. The van der Waals surface area contributed by atoms with Crippen LogP contribution in [0.25, 0.3) is 0 Å². The van der Waals surface area contributed by atoms with Gasteiger partial charge in [0.25, 0.3) is 5.91 Å². The van der Waals surface area contributed by atoms with Gasteiger partial charge in [-0.2, -0.15) is 10.2 Å². The minimum atomic E-state index is -0.366. The van der Waals surface area contributed by atoms with E-state index in [2.05, 4.69) is 15.5 Å². The summed E-state index contributed by atoms with van der Waals surface area (Å²) in [6, 6.07) is 13.3. The summed E-state index contributed by atoms with van der Waals surface area (Å²) in [5, 5.41) is 20.0. The Hall–Kier alpha value is -2.86. The van der Waals surface area contributed by atoms with E-state index >= 15 is 0 Å². The lowest BCUT2D eigenvalue weighted by Crippen LogP contribution is -2.14. The molecule has 0 bridgehead atoms. The van der Waals surface area contributed by atoms with Gasteiger partial charge in [0, 0.05) is 5.69 Å². The molecule has 0 spiro atoms. The van der Waals surface area contributed by atoms with Crippen LogP contribution in [-0.4, -0.2) is 17.6 Å². The number of carbonyl (C=O) groups excluding carboxylic acids is 1. The van der Waals surface area contributed by atoms with E-state index in [9.17, 15) is 9.18 Å². The number of benzene rings is 2. The highest BCUT2D eigenvalue weighted by molar-refractivity contribution is 6.03. The van der Waals surface area contributed by atoms with Crippen LogP contribution in [0.4, 0.5) is 10.1 Å².